The average Bonchev–Trinajstić information content (AvgIpc) is 2.47. The molecule has 0 radical (unpaired) electrons. The SMILES string of the molecule is COCC(c1ccc(Cl)cc1)N(C)CC1CCNCC1. The maximum absolute atomic E-state index is 5.98. The molecule has 1 N–H and O–H groups in total. The number of hydrogen-bond donors (Lipinski definition) is 1. The van der Waals surface area contributed by atoms with Crippen LogP contribution in [0.15, 0.2) is 24.3 Å². The first kappa shape index (κ1) is 15.8. The maximum atomic E-state index is 5.98. The van der Waals surface area contributed by atoms with E-state index >= 15 is 0 Å². The lowest BCUT2D eigenvalue weighted by Crippen LogP contribution is -2.37. The van der Waals surface area contributed by atoms with Gasteiger partial charge in [0.05, 0.1) is 12.6 Å². The Bertz CT molecular complexity index is 390. The van der Waals surface area contributed by atoms with Gasteiger partial charge in [-0.25, -0.2) is 0 Å². The molecular formula is C16H25ClN2O. The Morgan fingerprint density at radius 1 is 1.30 bits per heavy atom. The number of rotatable bonds is 6. The van der Waals surface area contributed by atoms with Crippen molar-refractivity contribution in [2.24, 2.45) is 5.92 Å². The lowest BCUT2D eigenvalue weighted by atomic mass is 9.96. The van der Waals surface area contributed by atoms with E-state index in [9.17, 15) is 0 Å². The predicted molar refractivity (Wildman–Crippen MR) is 84.3 cm³/mol. The Morgan fingerprint density at radius 3 is 2.55 bits per heavy atom. The molecule has 1 aliphatic rings. The zero-order valence-electron chi connectivity index (χ0n) is 12.4. The number of nitrogens with zero attached hydrogens (tertiary/aromatic N) is 1. The van der Waals surface area contributed by atoms with Gasteiger partial charge in [0.25, 0.3) is 0 Å². The molecule has 1 fully saturated rings. The van der Waals surface area contributed by atoms with E-state index in [0.29, 0.717) is 12.6 Å². The molecule has 20 heavy (non-hydrogen) atoms. The fraction of sp³-hybridized carbons (Fsp3) is 0.625. The van der Waals surface area contributed by atoms with E-state index in [1.807, 2.05) is 12.1 Å². The predicted octanol–water partition coefficient (Wildman–Crippen LogP) is 2.96. The van der Waals surface area contributed by atoms with Crippen LogP contribution in [0.5, 0.6) is 0 Å². The molecule has 1 aromatic carbocycles. The van der Waals surface area contributed by atoms with Crippen LogP contribution in [-0.4, -0.2) is 45.3 Å². The molecule has 1 unspecified atom stereocenters. The van der Waals surface area contributed by atoms with Crippen LogP contribution in [0.1, 0.15) is 24.4 Å². The molecule has 0 aromatic heterocycles. The van der Waals surface area contributed by atoms with Crippen molar-refractivity contribution in [3.8, 4) is 0 Å². The Morgan fingerprint density at radius 2 is 1.95 bits per heavy atom. The van der Waals surface area contributed by atoms with Crippen molar-refractivity contribution in [2.75, 3.05) is 40.4 Å². The van der Waals surface area contributed by atoms with Gasteiger partial charge in [-0.3, -0.25) is 4.90 Å². The number of halogens is 1. The molecule has 1 aromatic rings. The van der Waals surface area contributed by atoms with Gasteiger partial charge in [0.1, 0.15) is 0 Å². The third-order valence-electron chi connectivity index (χ3n) is 4.12. The largest absolute Gasteiger partial charge is 0.383 e. The third kappa shape index (κ3) is 4.45. The summed E-state index contributed by atoms with van der Waals surface area (Å²) < 4.78 is 5.41. The second-order valence-electron chi connectivity index (χ2n) is 5.66. The van der Waals surface area contributed by atoms with Crippen LogP contribution in [0.2, 0.25) is 5.02 Å². The van der Waals surface area contributed by atoms with Crippen LogP contribution < -0.4 is 5.32 Å². The number of nitrogens with one attached hydrogen (secondary N) is 1. The second-order valence-corrected chi connectivity index (χ2v) is 6.09. The van der Waals surface area contributed by atoms with Crippen molar-refractivity contribution in [1.82, 2.24) is 10.2 Å². The summed E-state index contributed by atoms with van der Waals surface area (Å²) in [4.78, 5) is 2.42. The molecular weight excluding hydrogens is 272 g/mol. The van der Waals surface area contributed by atoms with Crippen LogP contribution in [0.25, 0.3) is 0 Å². The highest BCUT2D eigenvalue weighted by atomic mass is 35.5. The molecule has 2 rings (SSSR count). The summed E-state index contributed by atoms with van der Waals surface area (Å²) in [5.74, 6) is 0.785. The minimum atomic E-state index is 0.298. The van der Waals surface area contributed by atoms with E-state index in [2.05, 4.69) is 29.4 Å². The summed E-state index contributed by atoms with van der Waals surface area (Å²) >= 11 is 5.98. The summed E-state index contributed by atoms with van der Waals surface area (Å²) in [7, 11) is 3.96. The van der Waals surface area contributed by atoms with Crippen molar-refractivity contribution in [2.45, 2.75) is 18.9 Å². The molecule has 0 bridgehead atoms. The van der Waals surface area contributed by atoms with Gasteiger partial charge in [-0.05, 0) is 56.6 Å². The van der Waals surface area contributed by atoms with Gasteiger partial charge in [-0.1, -0.05) is 23.7 Å². The highest BCUT2D eigenvalue weighted by molar-refractivity contribution is 6.30. The molecule has 4 heteroatoms. The topological polar surface area (TPSA) is 24.5 Å². The summed E-state index contributed by atoms with van der Waals surface area (Å²) in [6.07, 6.45) is 2.54. The van der Waals surface area contributed by atoms with Crippen molar-refractivity contribution < 1.29 is 4.74 Å². The Labute approximate surface area is 127 Å². The van der Waals surface area contributed by atoms with Gasteiger partial charge < -0.3 is 10.1 Å². The maximum Gasteiger partial charge on any atom is 0.0659 e. The van der Waals surface area contributed by atoms with E-state index in [4.69, 9.17) is 16.3 Å². The fourth-order valence-corrected chi connectivity index (χ4v) is 3.05. The summed E-state index contributed by atoms with van der Waals surface area (Å²) in [5, 5.41) is 4.21. The van der Waals surface area contributed by atoms with Crippen molar-refractivity contribution in [3.05, 3.63) is 34.9 Å². The van der Waals surface area contributed by atoms with Crippen LogP contribution in [-0.2, 0) is 4.74 Å². The normalized spacial score (nSPS) is 18.4. The van der Waals surface area contributed by atoms with Gasteiger partial charge in [0.2, 0.25) is 0 Å². The first-order valence-corrected chi connectivity index (χ1v) is 7.74. The Balaban J connectivity index is 2.00. The van der Waals surface area contributed by atoms with Gasteiger partial charge in [0.15, 0.2) is 0 Å². The molecule has 1 aliphatic heterocycles. The molecule has 0 spiro atoms. The highest BCUT2D eigenvalue weighted by Crippen LogP contribution is 2.24. The van der Waals surface area contributed by atoms with E-state index < -0.39 is 0 Å². The molecule has 0 saturated carbocycles. The Hall–Kier alpha value is -0.610. The first-order chi connectivity index (χ1) is 9.70. The van der Waals surface area contributed by atoms with Crippen molar-refractivity contribution in [3.63, 3.8) is 0 Å². The zero-order valence-corrected chi connectivity index (χ0v) is 13.2. The molecule has 1 atom stereocenters. The lowest BCUT2D eigenvalue weighted by molar-refractivity contribution is 0.0919. The molecule has 1 saturated heterocycles. The smallest absolute Gasteiger partial charge is 0.0659 e. The first-order valence-electron chi connectivity index (χ1n) is 7.36. The number of likely N-dealkylation sites (N-methyl/N-ethyl adjacent to an activating group) is 1. The molecule has 3 nitrogen and oxygen atoms in total. The van der Waals surface area contributed by atoms with E-state index in [1.165, 1.54) is 18.4 Å². The van der Waals surface area contributed by atoms with E-state index in [0.717, 1.165) is 30.6 Å². The Kier molecular flexibility index (Phi) is 6.30. The zero-order chi connectivity index (χ0) is 14.4. The van der Waals surface area contributed by atoms with Gasteiger partial charge >= 0.3 is 0 Å². The number of hydrogen-bond acceptors (Lipinski definition) is 3. The van der Waals surface area contributed by atoms with Gasteiger partial charge in [-0.15, -0.1) is 0 Å². The number of benzene rings is 1. The summed E-state index contributed by atoms with van der Waals surface area (Å²) in [6, 6.07) is 8.42. The minimum Gasteiger partial charge on any atom is -0.383 e. The van der Waals surface area contributed by atoms with E-state index in [1.54, 1.807) is 7.11 Å². The van der Waals surface area contributed by atoms with Crippen LogP contribution in [0.3, 0.4) is 0 Å². The van der Waals surface area contributed by atoms with Crippen LogP contribution >= 0.6 is 11.6 Å². The van der Waals surface area contributed by atoms with Crippen molar-refractivity contribution in [1.29, 1.82) is 0 Å². The number of methoxy groups -OCH3 is 1. The van der Waals surface area contributed by atoms with Crippen LogP contribution in [0.4, 0.5) is 0 Å². The molecule has 1 heterocycles. The van der Waals surface area contributed by atoms with Crippen LogP contribution in [0, 0.1) is 5.92 Å². The standard InChI is InChI=1S/C16H25ClN2O/c1-19(11-13-7-9-18-10-8-13)16(12-20-2)14-3-5-15(17)6-4-14/h3-6,13,16,18H,7-12H2,1-2H3. The summed E-state index contributed by atoms with van der Waals surface area (Å²) in [5.41, 5.74) is 1.27. The number of ether oxygens (including phenoxy) is 1. The van der Waals surface area contributed by atoms with E-state index in [-0.39, 0.29) is 0 Å². The lowest BCUT2D eigenvalue weighted by Gasteiger charge is -2.33. The fourth-order valence-electron chi connectivity index (χ4n) is 2.92. The second kappa shape index (κ2) is 7.99. The highest BCUT2D eigenvalue weighted by Gasteiger charge is 2.21. The average molecular weight is 297 g/mol. The summed E-state index contributed by atoms with van der Waals surface area (Å²) in [6.45, 7) is 4.13. The van der Waals surface area contributed by atoms with Gasteiger partial charge in [0, 0.05) is 18.7 Å². The van der Waals surface area contributed by atoms with Crippen molar-refractivity contribution >= 4 is 11.6 Å². The van der Waals surface area contributed by atoms with Gasteiger partial charge in [-0.2, -0.15) is 0 Å². The minimum absolute atomic E-state index is 0.298. The number of piperidine rings is 1. The molecule has 0 amide bonds. The quantitative estimate of drug-likeness (QED) is 0.873. The molecule has 0 aliphatic carbocycles. The third-order valence-corrected chi connectivity index (χ3v) is 4.37. The molecule has 112 valence electrons. The monoisotopic (exact) mass is 296 g/mol.